The molecule has 0 bridgehead atoms. The van der Waals surface area contributed by atoms with Crippen LogP contribution in [0.2, 0.25) is 0 Å². The van der Waals surface area contributed by atoms with Crippen LogP contribution in [0.25, 0.3) is 0 Å². The molecule has 0 unspecified atom stereocenters. The van der Waals surface area contributed by atoms with E-state index >= 15 is 0 Å². The lowest BCUT2D eigenvalue weighted by molar-refractivity contribution is -0.137. The molecule has 0 spiro atoms. The minimum atomic E-state index is -0.778. The maximum atomic E-state index is 12.3. The molecular formula is C26H38O6. The summed E-state index contributed by atoms with van der Waals surface area (Å²) in [5.41, 5.74) is 2.21. The molecule has 0 amide bonds. The number of rotatable bonds is 15. The minimum Gasteiger partial charge on any atom is -0.481 e. The molecule has 1 aromatic carbocycles. The Morgan fingerprint density at radius 3 is 2.72 bits per heavy atom. The molecule has 0 aromatic heterocycles. The Morgan fingerprint density at radius 2 is 1.97 bits per heavy atom. The molecule has 0 radical (unpaired) electrons. The van der Waals surface area contributed by atoms with Crippen molar-refractivity contribution in [1.29, 1.82) is 0 Å². The summed E-state index contributed by atoms with van der Waals surface area (Å²) in [6.45, 7) is 3.35. The third kappa shape index (κ3) is 9.23. The Kier molecular flexibility index (Phi) is 11.6. The van der Waals surface area contributed by atoms with E-state index in [0.717, 1.165) is 31.2 Å². The van der Waals surface area contributed by atoms with Crippen LogP contribution in [0.5, 0.6) is 0 Å². The molecule has 3 N–H and O–H groups in total. The average molecular weight is 447 g/mol. The normalized spacial score (nSPS) is 22.0. The number of ether oxygens (including phenoxy) is 1. The molecule has 0 heterocycles. The van der Waals surface area contributed by atoms with Crippen LogP contribution >= 0.6 is 0 Å². The molecular weight excluding hydrogens is 408 g/mol. The fraction of sp³-hybridized carbons (Fsp3) is 0.615. The average Bonchev–Trinajstić information content (AvgIpc) is 3.01. The van der Waals surface area contributed by atoms with E-state index in [1.165, 1.54) is 5.56 Å². The van der Waals surface area contributed by atoms with Crippen LogP contribution in [-0.2, 0) is 27.2 Å². The number of carbonyl (C=O) groups excluding carboxylic acids is 1. The summed E-state index contributed by atoms with van der Waals surface area (Å²) in [5.74, 6) is -1.20. The number of hydrogen-bond donors (Lipinski definition) is 3. The predicted molar refractivity (Wildman–Crippen MR) is 123 cm³/mol. The van der Waals surface area contributed by atoms with Gasteiger partial charge >= 0.3 is 5.97 Å². The maximum Gasteiger partial charge on any atom is 0.303 e. The largest absolute Gasteiger partial charge is 0.481 e. The SMILES string of the molecule is CCOCCc1cccc(C[C@@H](O)/C=C/[C@H]2[C@H](O)CC(=O)[C@@H]2CCCCCCC(=O)O)c1. The zero-order valence-electron chi connectivity index (χ0n) is 19.1. The summed E-state index contributed by atoms with van der Waals surface area (Å²) >= 11 is 0. The van der Waals surface area contributed by atoms with Crippen LogP contribution in [0.4, 0.5) is 0 Å². The predicted octanol–water partition coefficient (Wildman–Crippen LogP) is 3.72. The second kappa shape index (κ2) is 14.2. The van der Waals surface area contributed by atoms with E-state index in [9.17, 15) is 19.8 Å². The number of aliphatic hydroxyl groups excluding tert-OH is 2. The van der Waals surface area contributed by atoms with Crippen molar-refractivity contribution in [3.8, 4) is 0 Å². The standard InChI is InChI=1S/C26H38O6/c1-2-32-15-14-19-8-7-9-20(16-19)17-21(27)12-13-23-22(24(28)18-25(23)29)10-5-3-4-6-11-26(30)31/h7-9,12-13,16,21-23,25,27,29H,2-6,10-11,14-15,17-18H2,1H3,(H,30,31)/b13-12+/t21-,22+,23+,25+/m0/s1. The summed E-state index contributed by atoms with van der Waals surface area (Å²) in [5, 5.41) is 29.5. The van der Waals surface area contributed by atoms with Gasteiger partial charge in [-0.15, -0.1) is 0 Å². The van der Waals surface area contributed by atoms with E-state index < -0.39 is 18.2 Å². The second-order valence-electron chi connectivity index (χ2n) is 8.69. The van der Waals surface area contributed by atoms with Crippen LogP contribution in [0.1, 0.15) is 63.0 Å². The van der Waals surface area contributed by atoms with Crippen LogP contribution in [-0.4, -0.2) is 52.5 Å². The van der Waals surface area contributed by atoms with Crippen LogP contribution in [0.3, 0.4) is 0 Å². The van der Waals surface area contributed by atoms with Crippen molar-refractivity contribution >= 4 is 11.8 Å². The highest BCUT2D eigenvalue weighted by Crippen LogP contribution is 2.34. The van der Waals surface area contributed by atoms with Gasteiger partial charge in [-0.2, -0.15) is 0 Å². The molecule has 1 aliphatic carbocycles. The number of ketones is 1. The molecule has 0 saturated heterocycles. The molecule has 4 atom stereocenters. The Morgan fingerprint density at radius 1 is 1.22 bits per heavy atom. The van der Waals surface area contributed by atoms with Gasteiger partial charge in [-0.05, 0) is 37.3 Å². The van der Waals surface area contributed by atoms with Gasteiger partial charge in [-0.3, -0.25) is 9.59 Å². The van der Waals surface area contributed by atoms with Gasteiger partial charge in [0.2, 0.25) is 0 Å². The van der Waals surface area contributed by atoms with Crippen molar-refractivity contribution in [1.82, 2.24) is 0 Å². The molecule has 1 aliphatic rings. The topological polar surface area (TPSA) is 104 Å². The van der Waals surface area contributed by atoms with Crippen molar-refractivity contribution < 1.29 is 29.6 Å². The Hall–Kier alpha value is -2.02. The third-order valence-electron chi connectivity index (χ3n) is 6.12. The summed E-state index contributed by atoms with van der Waals surface area (Å²) < 4.78 is 5.40. The summed E-state index contributed by atoms with van der Waals surface area (Å²) in [6, 6.07) is 8.11. The smallest absolute Gasteiger partial charge is 0.303 e. The molecule has 6 nitrogen and oxygen atoms in total. The molecule has 1 fully saturated rings. The molecule has 0 aliphatic heterocycles. The number of aliphatic hydroxyl groups is 2. The Labute approximate surface area is 191 Å². The van der Waals surface area contributed by atoms with Gasteiger partial charge in [0.05, 0.1) is 18.8 Å². The quantitative estimate of drug-likeness (QED) is 0.280. The van der Waals surface area contributed by atoms with Gasteiger partial charge in [-0.1, -0.05) is 55.7 Å². The molecule has 2 rings (SSSR count). The molecule has 32 heavy (non-hydrogen) atoms. The van der Waals surface area contributed by atoms with Gasteiger partial charge < -0.3 is 20.1 Å². The lowest BCUT2D eigenvalue weighted by Gasteiger charge is -2.18. The first-order valence-corrected chi connectivity index (χ1v) is 11.8. The summed E-state index contributed by atoms with van der Waals surface area (Å²) in [4.78, 5) is 22.9. The van der Waals surface area contributed by atoms with Crippen LogP contribution in [0.15, 0.2) is 36.4 Å². The van der Waals surface area contributed by atoms with Crippen LogP contribution in [0, 0.1) is 11.8 Å². The highest BCUT2D eigenvalue weighted by atomic mass is 16.5. The van der Waals surface area contributed by atoms with Crippen molar-refractivity contribution in [3.63, 3.8) is 0 Å². The van der Waals surface area contributed by atoms with Crippen molar-refractivity contribution in [2.45, 2.75) is 76.9 Å². The Balaban J connectivity index is 1.84. The first-order valence-electron chi connectivity index (χ1n) is 11.8. The minimum absolute atomic E-state index is 0.0779. The van der Waals surface area contributed by atoms with E-state index in [4.69, 9.17) is 9.84 Å². The maximum absolute atomic E-state index is 12.3. The van der Waals surface area contributed by atoms with Crippen molar-refractivity contribution in [3.05, 3.63) is 47.5 Å². The monoisotopic (exact) mass is 446 g/mol. The number of carbonyl (C=O) groups is 2. The van der Waals surface area contributed by atoms with E-state index in [0.29, 0.717) is 32.5 Å². The molecule has 6 heteroatoms. The Bertz CT molecular complexity index is 744. The number of aliphatic carboxylic acids is 1. The van der Waals surface area contributed by atoms with E-state index in [-0.39, 0.29) is 30.5 Å². The van der Waals surface area contributed by atoms with Gasteiger partial charge in [0.1, 0.15) is 5.78 Å². The first kappa shape index (κ1) is 26.2. The third-order valence-corrected chi connectivity index (χ3v) is 6.12. The van der Waals surface area contributed by atoms with Gasteiger partial charge in [-0.25, -0.2) is 0 Å². The summed E-state index contributed by atoms with van der Waals surface area (Å²) in [6.07, 6.45) is 7.68. The molecule has 1 aromatic rings. The number of unbranched alkanes of at least 4 members (excludes halogenated alkanes) is 3. The number of Topliss-reactive ketones (excluding diaryl/α,β-unsaturated/α-hetero) is 1. The lowest BCUT2D eigenvalue weighted by Crippen LogP contribution is -2.19. The highest BCUT2D eigenvalue weighted by molar-refractivity contribution is 5.84. The summed E-state index contributed by atoms with van der Waals surface area (Å²) in [7, 11) is 0. The fourth-order valence-electron chi connectivity index (χ4n) is 4.40. The fourth-order valence-corrected chi connectivity index (χ4v) is 4.40. The van der Waals surface area contributed by atoms with Gasteiger partial charge in [0, 0.05) is 37.7 Å². The van der Waals surface area contributed by atoms with E-state index in [1.807, 2.05) is 25.1 Å². The highest BCUT2D eigenvalue weighted by Gasteiger charge is 2.39. The number of benzene rings is 1. The van der Waals surface area contributed by atoms with E-state index in [2.05, 4.69) is 12.1 Å². The first-order chi connectivity index (χ1) is 15.4. The second-order valence-corrected chi connectivity index (χ2v) is 8.69. The number of hydrogen-bond acceptors (Lipinski definition) is 5. The molecule has 178 valence electrons. The zero-order valence-corrected chi connectivity index (χ0v) is 19.1. The lowest BCUT2D eigenvalue weighted by atomic mass is 9.88. The zero-order chi connectivity index (χ0) is 23.3. The number of carboxylic acids is 1. The van der Waals surface area contributed by atoms with Crippen molar-refractivity contribution in [2.75, 3.05) is 13.2 Å². The van der Waals surface area contributed by atoms with Crippen LogP contribution < -0.4 is 0 Å². The van der Waals surface area contributed by atoms with Gasteiger partial charge in [0.25, 0.3) is 0 Å². The van der Waals surface area contributed by atoms with Gasteiger partial charge in [0.15, 0.2) is 0 Å². The van der Waals surface area contributed by atoms with Crippen molar-refractivity contribution in [2.24, 2.45) is 11.8 Å². The molecule has 1 saturated carbocycles. The van der Waals surface area contributed by atoms with E-state index in [1.54, 1.807) is 6.08 Å². The number of carboxylic acid groups (broad SMARTS) is 1.